The lowest BCUT2D eigenvalue weighted by Crippen LogP contribution is -2.30. The lowest BCUT2D eigenvalue weighted by atomic mass is 9.99. The highest BCUT2D eigenvalue weighted by Crippen LogP contribution is 2.31. The summed E-state index contributed by atoms with van der Waals surface area (Å²) >= 11 is 3.31. The summed E-state index contributed by atoms with van der Waals surface area (Å²) in [5.74, 6) is -1.22. The Morgan fingerprint density at radius 2 is 1.89 bits per heavy atom. The molecule has 0 bridgehead atoms. The van der Waals surface area contributed by atoms with Crippen molar-refractivity contribution in [2.45, 2.75) is 17.5 Å². The SMILES string of the molecule is COC(=O)C1CS(=O)(=O)c2cc(Cc3cccc4ccccc34)c(Br)c(=O)n21. The molecule has 0 fully saturated rings. The maximum atomic E-state index is 12.9. The number of carbonyl (C=O) groups excluding carboxylic acids is 1. The molecule has 4 rings (SSSR count). The van der Waals surface area contributed by atoms with Gasteiger partial charge in [0.1, 0.15) is 11.1 Å². The van der Waals surface area contributed by atoms with Gasteiger partial charge in [0.05, 0.1) is 17.3 Å². The average molecular weight is 462 g/mol. The van der Waals surface area contributed by atoms with Gasteiger partial charge in [0.25, 0.3) is 5.56 Å². The first kappa shape index (κ1) is 18.9. The van der Waals surface area contributed by atoms with E-state index in [1.165, 1.54) is 13.2 Å². The molecule has 1 atom stereocenters. The van der Waals surface area contributed by atoms with Crippen LogP contribution in [0.5, 0.6) is 0 Å². The summed E-state index contributed by atoms with van der Waals surface area (Å²) in [5.41, 5.74) is 0.981. The molecule has 1 aliphatic rings. The van der Waals surface area contributed by atoms with Gasteiger partial charge in [0.15, 0.2) is 9.84 Å². The molecular weight excluding hydrogens is 446 g/mol. The van der Waals surface area contributed by atoms with Crippen LogP contribution < -0.4 is 5.56 Å². The minimum absolute atomic E-state index is 0.147. The third kappa shape index (κ3) is 2.97. The number of benzene rings is 2. The molecule has 0 spiro atoms. The van der Waals surface area contributed by atoms with Gasteiger partial charge in [-0.15, -0.1) is 0 Å². The molecule has 6 nitrogen and oxygen atoms in total. The van der Waals surface area contributed by atoms with E-state index in [1.807, 2.05) is 42.5 Å². The van der Waals surface area contributed by atoms with Crippen molar-refractivity contribution in [1.82, 2.24) is 4.57 Å². The molecule has 28 heavy (non-hydrogen) atoms. The zero-order valence-corrected chi connectivity index (χ0v) is 17.3. The Bertz CT molecular complexity index is 1270. The third-order valence-corrected chi connectivity index (χ3v) is 7.52. The molecule has 2 heterocycles. The Morgan fingerprint density at radius 1 is 1.18 bits per heavy atom. The number of carbonyl (C=O) groups is 1. The quantitative estimate of drug-likeness (QED) is 0.560. The fourth-order valence-corrected chi connectivity index (χ4v) is 5.77. The van der Waals surface area contributed by atoms with Crippen LogP contribution in [0.15, 0.2) is 62.8 Å². The predicted octanol–water partition coefficient (Wildman–Crippen LogP) is 2.86. The summed E-state index contributed by atoms with van der Waals surface area (Å²) in [6.45, 7) is 0. The molecule has 0 aliphatic carbocycles. The zero-order valence-electron chi connectivity index (χ0n) is 14.9. The molecular formula is C20H16BrNO5S. The van der Waals surface area contributed by atoms with E-state index in [2.05, 4.69) is 20.7 Å². The molecule has 1 unspecified atom stereocenters. The van der Waals surface area contributed by atoms with Crippen molar-refractivity contribution in [2.75, 3.05) is 12.9 Å². The number of rotatable bonds is 3. The highest BCUT2D eigenvalue weighted by atomic mass is 79.9. The number of hydrogen-bond acceptors (Lipinski definition) is 5. The Morgan fingerprint density at radius 3 is 2.64 bits per heavy atom. The van der Waals surface area contributed by atoms with Crippen molar-refractivity contribution < 1.29 is 17.9 Å². The van der Waals surface area contributed by atoms with Gasteiger partial charge in [-0.05, 0) is 50.3 Å². The van der Waals surface area contributed by atoms with Crippen LogP contribution in [0, 0.1) is 0 Å². The van der Waals surface area contributed by atoms with Gasteiger partial charge in [0.2, 0.25) is 0 Å². The number of hydrogen-bond donors (Lipinski definition) is 0. The second-order valence-corrected chi connectivity index (χ2v) is 9.41. The van der Waals surface area contributed by atoms with Crippen LogP contribution in [0.3, 0.4) is 0 Å². The first-order valence-corrected chi connectivity index (χ1v) is 11.0. The van der Waals surface area contributed by atoms with Crippen LogP contribution in [0.2, 0.25) is 0 Å². The van der Waals surface area contributed by atoms with Crippen molar-refractivity contribution in [2.24, 2.45) is 0 Å². The van der Waals surface area contributed by atoms with E-state index in [0.717, 1.165) is 20.9 Å². The summed E-state index contributed by atoms with van der Waals surface area (Å²) < 4.78 is 31.1. The fraction of sp³-hybridized carbons (Fsp3) is 0.200. The topological polar surface area (TPSA) is 82.4 Å². The normalized spacial score (nSPS) is 17.4. The Labute approximate surface area is 169 Å². The molecule has 1 aliphatic heterocycles. The van der Waals surface area contributed by atoms with E-state index in [0.29, 0.717) is 12.0 Å². The highest BCUT2D eigenvalue weighted by Gasteiger charge is 2.41. The van der Waals surface area contributed by atoms with Crippen molar-refractivity contribution in [1.29, 1.82) is 0 Å². The first-order chi connectivity index (χ1) is 13.3. The van der Waals surface area contributed by atoms with Crippen LogP contribution in [0.25, 0.3) is 10.8 Å². The summed E-state index contributed by atoms with van der Waals surface area (Å²) in [5, 5.41) is 1.95. The van der Waals surface area contributed by atoms with E-state index in [-0.39, 0.29) is 9.50 Å². The average Bonchev–Trinajstić information content (AvgIpc) is 2.96. The molecule has 0 amide bonds. The fourth-order valence-electron chi connectivity index (χ4n) is 3.62. The zero-order chi connectivity index (χ0) is 20.1. The maximum Gasteiger partial charge on any atom is 0.330 e. The first-order valence-electron chi connectivity index (χ1n) is 8.54. The van der Waals surface area contributed by atoms with Crippen LogP contribution in [0.1, 0.15) is 17.2 Å². The summed E-state index contributed by atoms with van der Waals surface area (Å²) in [6, 6.07) is 14.1. The maximum absolute atomic E-state index is 12.9. The van der Waals surface area contributed by atoms with Gasteiger partial charge in [-0.3, -0.25) is 9.36 Å². The second-order valence-electron chi connectivity index (χ2n) is 6.63. The van der Waals surface area contributed by atoms with Gasteiger partial charge in [0, 0.05) is 0 Å². The van der Waals surface area contributed by atoms with E-state index in [1.54, 1.807) is 0 Å². The van der Waals surface area contributed by atoms with E-state index in [9.17, 15) is 18.0 Å². The van der Waals surface area contributed by atoms with Crippen molar-refractivity contribution >= 4 is 42.5 Å². The number of sulfone groups is 1. The number of esters is 1. The number of nitrogens with zero attached hydrogens (tertiary/aromatic N) is 1. The van der Waals surface area contributed by atoms with E-state index >= 15 is 0 Å². The number of ether oxygens (including phenoxy) is 1. The summed E-state index contributed by atoms with van der Waals surface area (Å²) in [6.07, 6.45) is 0.378. The Kier molecular flexibility index (Phi) is 4.63. The molecule has 0 radical (unpaired) electrons. The number of methoxy groups -OCH3 is 1. The molecule has 144 valence electrons. The third-order valence-electron chi connectivity index (χ3n) is 4.97. The summed E-state index contributed by atoms with van der Waals surface area (Å²) in [4.78, 5) is 24.9. The molecule has 0 saturated carbocycles. The number of fused-ring (bicyclic) bond motifs is 2. The highest BCUT2D eigenvalue weighted by molar-refractivity contribution is 9.10. The van der Waals surface area contributed by atoms with Crippen molar-refractivity contribution in [3.63, 3.8) is 0 Å². The number of halogens is 1. The van der Waals surface area contributed by atoms with E-state index < -0.39 is 33.2 Å². The van der Waals surface area contributed by atoms with Crippen molar-refractivity contribution in [3.8, 4) is 0 Å². The second kappa shape index (κ2) is 6.86. The standard InChI is InChI=1S/C20H16BrNO5S/c1-27-20(24)16-11-28(25,26)17-10-14(18(21)19(23)22(16)17)9-13-7-4-6-12-5-2-3-8-15(12)13/h2-8,10,16H,9,11H2,1H3. The predicted molar refractivity (Wildman–Crippen MR) is 108 cm³/mol. The van der Waals surface area contributed by atoms with Gasteiger partial charge >= 0.3 is 5.97 Å². The van der Waals surface area contributed by atoms with Crippen molar-refractivity contribution in [3.05, 3.63) is 74.5 Å². The van der Waals surface area contributed by atoms with Crippen LogP contribution in [-0.4, -0.2) is 31.8 Å². The van der Waals surface area contributed by atoms with Gasteiger partial charge in [-0.2, -0.15) is 0 Å². The van der Waals surface area contributed by atoms with Gasteiger partial charge in [-0.25, -0.2) is 13.2 Å². The van der Waals surface area contributed by atoms with Crippen LogP contribution in [0.4, 0.5) is 0 Å². The van der Waals surface area contributed by atoms with E-state index in [4.69, 9.17) is 0 Å². The molecule has 0 saturated heterocycles. The summed E-state index contributed by atoms with van der Waals surface area (Å²) in [7, 11) is -2.60. The Hall–Kier alpha value is -2.45. The van der Waals surface area contributed by atoms with Gasteiger partial charge in [-0.1, -0.05) is 42.5 Å². The largest absolute Gasteiger partial charge is 0.467 e. The molecule has 1 aromatic heterocycles. The number of pyridine rings is 1. The van der Waals surface area contributed by atoms with Crippen LogP contribution >= 0.6 is 15.9 Å². The molecule has 8 heteroatoms. The Balaban J connectivity index is 1.88. The lowest BCUT2D eigenvalue weighted by Gasteiger charge is -2.14. The van der Waals surface area contributed by atoms with Crippen LogP contribution in [-0.2, 0) is 25.8 Å². The molecule has 3 aromatic rings. The monoisotopic (exact) mass is 461 g/mol. The van der Waals surface area contributed by atoms with Gasteiger partial charge < -0.3 is 4.74 Å². The molecule has 0 N–H and O–H groups in total. The minimum Gasteiger partial charge on any atom is -0.467 e. The minimum atomic E-state index is -3.77. The smallest absolute Gasteiger partial charge is 0.330 e. The lowest BCUT2D eigenvalue weighted by molar-refractivity contribution is -0.143. The molecule has 2 aromatic carbocycles. The number of aromatic nitrogens is 1.